The number of sulfonamides is 1. The van der Waals surface area contributed by atoms with Crippen molar-refractivity contribution in [3.8, 4) is 0 Å². The summed E-state index contributed by atoms with van der Waals surface area (Å²) in [5, 5.41) is 1.99. The molecule has 126 valence electrons. The highest BCUT2D eigenvalue weighted by Crippen LogP contribution is 2.18. The molecule has 0 fully saturated rings. The lowest BCUT2D eigenvalue weighted by Gasteiger charge is -2.17. The Morgan fingerprint density at radius 1 is 0.957 bits per heavy atom. The molecule has 1 N–H and O–H groups in total. The van der Waals surface area contributed by atoms with Crippen molar-refractivity contribution in [1.29, 1.82) is 0 Å². The van der Waals surface area contributed by atoms with E-state index in [-0.39, 0.29) is 0 Å². The number of benzene rings is 2. The van der Waals surface area contributed by atoms with E-state index < -0.39 is 10.0 Å². The highest BCUT2D eigenvalue weighted by Gasteiger charge is 2.13. The van der Waals surface area contributed by atoms with Crippen LogP contribution in [0, 0.1) is 0 Å². The fraction of sp³-hybridized carbons (Fsp3) is 0.444. The van der Waals surface area contributed by atoms with Crippen molar-refractivity contribution in [3.05, 3.63) is 42.5 Å². The minimum absolute atomic E-state index is 0.333. The first kappa shape index (κ1) is 17.9. The molecule has 0 aliphatic carbocycles. The largest absolute Gasteiger partial charge is 0.304 e. The third-order valence-corrected chi connectivity index (χ3v) is 5.58. The molecular formula is C18H26N2O2S. The van der Waals surface area contributed by atoms with E-state index in [2.05, 4.69) is 23.5 Å². The molecule has 0 aliphatic heterocycles. The molecule has 0 spiro atoms. The summed E-state index contributed by atoms with van der Waals surface area (Å²) >= 11 is 0. The van der Waals surface area contributed by atoms with Gasteiger partial charge in [0.15, 0.2) is 0 Å². The minimum Gasteiger partial charge on any atom is -0.304 e. The zero-order valence-corrected chi connectivity index (χ0v) is 14.8. The molecule has 0 amide bonds. The Hall–Kier alpha value is -1.43. The molecule has 5 heteroatoms. The molecule has 0 aliphatic rings. The summed E-state index contributed by atoms with van der Waals surface area (Å²) in [5.41, 5.74) is 0. The van der Waals surface area contributed by atoms with Gasteiger partial charge in [0.05, 0.1) is 4.90 Å². The maximum Gasteiger partial charge on any atom is 0.240 e. The van der Waals surface area contributed by atoms with Crippen molar-refractivity contribution in [2.45, 2.75) is 31.6 Å². The van der Waals surface area contributed by atoms with Gasteiger partial charge < -0.3 is 4.90 Å². The number of hydrogen-bond donors (Lipinski definition) is 1. The Labute approximate surface area is 139 Å². The zero-order chi connectivity index (χ0) is 16.7. The molecule has 2 aromatic carbocycles. The van der Waals surface area contributed by atoms with Crippen molar-refractivity contribution in [2.75, 3.05) is 26.2 Å². The van der Waals surface area contributed by atoms with Crippen LogP contribution in [-0.2, 0) is 10.0 Å². The summed E-state index contributed by atoms with van der Waals surface area (Å²) in [6, 6.07) is 13.0. The first-order chi connectivity index (χ1) is 11.1. The molecule has 0 saturated carbocycles. The van der Waals surface area contributed by atoms with E-state index in [1.165, 1.54) is 0 Å². The van der Waals surface area contributed by atoms with E-state index in [1.54, 1.807) is 12.1 Å². The normalized spacial score (nSPS) is 12.1. The van der Waals surface area contributed by atoms with E-state index in [4.69, 9.17) is 0 Å². The molecule has 0 aromatic heterocycles. The summed E-state index contributed by atoms with van der Waals surface area (Å²) in [6.07, 6.45) is 1.85. The van der Waals surface area contributed by atoms with Gasteiger partial charge in [-0.05, 0) is 55.4 Å². The molecular weight excluding hydrogens is 308 g/mol. The summed E-state index contributed by atoms with van der Waals surface area (Å²) < 4.78 is 27.4. The van der Waals surface area contributed by atoms with E-state index >= 15 is 0 Å². The summed E-state index contributed by atoms with van der Waals surface area (Å²) in [6.45, 7) is 7.87. The van der Waals surface area contributed by atoms with Crippen molar-refractivity contribution in [3.63, 3.8) is 0 Å². The van der Waals surface area contributed by atoms with Crippen LogP contribution < -0.4 is 4.72 Å². The summed E-state index contributed by atoms with van der Waals surface area (Å²) in [5.74, 6) is 0. The van der Waals surface area contributed by atoms with Gasteiger partial charge in [-0.15, -0.1) is 0 Å². The first-order valence-electron chi connectivity index (χ1n) is 8.27. The molecule has 2 rings (SSSR count). The van der Waals surface area contributed by atoms with Crippen molar-refractivity contribution < 1.29 is 8.42 Å². The van der Waals surface area contributed by atoms with Crippen LogP contribution in [0.5, 0.6) is 0 Å². The molecule has 23 heavy (non-hydrogen) atoms. The Bertz CT molecular complexity index is 725. The van der Waals surface area contributed by atoms with Gasteiger partial charge in [-0.25, -0.2) is 13.1 Å². The van der Waals surface area contributed by atoms with Crippen LogP contribution in [0.1, 0.15) is 26.7 Å². The number of nitrogens with one attached hydrogen (secondary N) is 1. The predicted molar refractivity (Wildman–Crippen MR) is 96.2 cm³/mol. The van der Waals surface area contributed by atoms with Crippen molar-refractivity contribution >= 4 is 20.8 Å². The quantitative estimate of drug-likeness (QED) is 0.716. The average Bonchev–Trinajstić information content (AvgIpc) is 2.57. The van der Waals surface area contributed by atoms with Crippen molar-refractivity contribution in [1.82, 2.24) is 9.62 Å². The number of fused-ring (bicyclic) bond motifs is 1. The topological polar surface area (TPSA) is 49.4 Å². The average molecular weight is 334 g/mol. The van der Waals surface area contributed by atoms with E-state index in [0.29, 0.717) is 11.4 Å². The van der Waals surface area contributed by atoms with Gasteiger partial charge in [0, 0.05) is 6.54 Å². The number of rotatable bonds is 9. The van der Waals surface area contributed by atoms with Crippen LogP contribution in [0.3, 0.4) is 0 Å². The number of nitrogens with zero attached hydrogens (tertiary/aromatic N) is 1. The van der Waals surface area contributed by atoms with Crippen LogP contribution in [0.15, 0.2) is 47.4 Å². The van der Waals surface area contributed by atoms with Gasteiger partial charge in [-0.2, -0.15) is 0 Å². The zero-order valence-electron chi connectivity index (χ0n) is 14.0. The highest BCUT2D eigenvalue weighted by molar-refractivity contribution is 7.89. The third kappa shape index (κ3) is 5.03. The van der Waals surface area contributed by atoms with E-state index in [1.807, 2.05) is 30.3 Å². The smallest absolute Gasteiger partial charge is 0.240 e. The van der Waals surface area contributed by atoms with Gasteiger partial charge in [0.2, 0.25) is 10.0 Å². The van der Waals surface area contributed by atoms with Crippen LogP contribution in [0.2, 0.25) is 0 Å². The van der Waals surface area contributed by atoms with Gasteiger partial charge in [0.1, 0.15) is 0 Å². The lowest BCUT2D eigenvalue weighted by Crippen LogP contribution is -2.27. The van der Waals surface area contributed by atoms with E-state index in [0.717, 1.165) is 43.2 Å². The SMILES string of the molecule is CCN(CC)CCCCNS(=O)(=O)c1ccc2ccccc2c1. The predicted octanol–water partition coefficient (Wildman–Crippen LogP) is 3.24. The Kier molecular flexibility index (Phi) is 6.57. The third-order valence-electron chi connectivity index (χ3n) is 4.12. The van der Waals surface area contributed by atoms with Gasteiger partial charge in [-0.3, -0.25) is 0 Å². The standard InChI is InChI=1S/C18H26N2O2S/c1-3-20(4-2)14-8-7-13-19-23(21,22)18-12-11-16-9-5-6-10-17(16)15-18/h5-6,9-12,15,19H,3-4,7-8,13-14H2,1-2H3. The Balaban J connectivity index is 1.90. The van der Waals surface area contributed by atoms with Crippen LogP contribution in [0.25, 0.3) is 10.8 Å². The molecule has 0 unspecified atom stereocenters. The maximum absolute atomic E-state index is 12.4. The lowest BCUT2D eigenvalue weighted by molar-refractivity contribution is 0.297. The molecule has 0 atom stereocenters. The molecule has 0 bridgehead atoms. The molecule has 0 heterocycles. The van der Waals surface area contributed by atoms with Crippen molar-refractivity contribution in [2.24, 2.45) is 0 Å². The number of hydrogen-bond acceptors (Lipinski definition) is 3. The Morgan fingerprint density at radius 2 is 1.65 bits per heavy atom. The van der Waals surface area contributed by atoms with Gasteiger partial charge in [-0.1, -0.05) is 44.2 Å². The highest BCUT2D eigenvalue weighted by atomic mass is 32.2. The molecule has 0 radical (unpaired) electrons. The maximum atomic E-state index is 12.4. The lowest BCUT2D eigenvalue weighted by atomic mass is 10.1. The second-order valence-electron chi connectivity index (χ2n) is 5.64. The van der Waals surface area contributed by atoms with Gasteiger partial charge in [0.25, 0.3) is 0 Å². The summed E-state index contributed by atoms with van der Waals surface area (Å²) in [4.78, 5) is 2.68. The molecule has 0 saturated heterocycles. The second-order valence-corrected chi connectivity index (χ2v) is 7.41. The van der Waals surface area contributed by atoms with Gasteiger partial charge >= 0.3 is 0 Å². The fourth-order valence-electron chi connectivity index (χ4n) is 2.62. The summed E-state index contributed by atoms with van der Waals surface area (Å²) in [7, 11) is -3.43. The van der Waals surface area contributed by atoms with Crippen LogP contribution >= 0.6 is 0 Å². The molecule has 2 aromatic rings. The second kappa shape index (κ2) is 8.43. The van der Waals surface area contributed by atoms with Crippen LogP contribution in [-0.4, -0.2) is 39.5 Å². The van der Waals surface area contributed by atoms with Crippen LogP contribution in [0.4, 0.5) is 0 Å². The Morgan fingerprint density at radius 3 is 2.35 bits per heavy atom. The van der Waals surface area contributed by atoms with E-state index in [9.17, 15) is 8.42 Å². The minimum atomic E-state index is -3.43. The monoisotopic (exact) mass is 334 g/mol. The molecule has 4 nitrogen and oxygen atoms in total. The first-order valence-corrected chi connectivity index (χ1v) is 9.76. The number of unbranched alkanes of at least 4 members (excludes halogenated alkanes) is 1. The fourth-order valence-corrected chi connectivity index (χ4v) is 3.73.